The first-order chi connectivity index (χ1) is 13.7. The molecule has 29 heavy (non-hydrogen) atoms. The molecule has 2 aromatic rings. The largest absolute Gasteiger partial charge is 0.433 e. The van der Waals surface area contributed by atoms with Crippen LogP contribution in [0.15, 0.2) is 45.7 Å². The molecule has 9 nitrogen and oxygen atoms in total. The van der Waals surface area contributed by atoms with E-state index >= 15 is 0 Å². The minimum absolute atomic E-state index is 0.131. The van der Waals surface area contributed by atoms with Crippen molar-refractivity contribution in [3.8, 4) is 0 Å². The Kier molecular flexibility index (Phi) is 6.04. The molecule has 1 aromatic carbocycles. The molecule has 1 saturated heterocycles. The monoisotopic (exact) mass is 421 g/mol. The molecule has 1 aliphatic rings. The van der Waals surface area contributed by atoms with Gasteiger partial charge in [-0.2, -0.15) is 4.31 Å². The highest BCUT2D eigenvalue weighted by Gasteiger charge is 2.31. The number of nitrogens with zero attached hydrogens (tertiary/aromatic N) is 3. The lowest BCUT2D eigenvalue weighted by Crippen LogP contribution is -2.50. The Morgan fingerprint density at radius 3 is 2.28 bits per heavy atom. The molecule has 1 atom stereocenters. The van der Waals surface area contributed by atoms with Gasteiger partial charge in [-0.05, 0) is 36.1 Å². The predicted octanol–water partition coefficient (Wildman–Crippen LogP) is 2.85. The van der Waals surface area contributed by atoms with E-state index in [0.717, 1.165) is 18.1 Å². The van der Waals surface area contributed by atoms with Gasteiger partial charge in [0.25, 0.3) is 5.91 Å². The van der Waals surface area contributed by atoms with Crippen molar-refractivity contribution in [3.63, 3.8) is 0 Å². The maximum Gasteiger partial charge on any atom is 0.433 e. The second-order valence-electron chi connectivity index (χ2n) is 6.97. The van der Waals surface area contributed by atoms with E-state index in [1.165, 1.54) is 15.3 Å². The van der Waals surface area contributed by atoms with Crippen molar-refractivity contribution in [1.29, 1.82) is 0 Å². The van der Waals surface area contributed by atoms with Gasteiger partial charge in [0.1, 0.15) is 4.92 Å². The number of piperazine rings is 1. The van der Waals surface area contributed by atoms with Crippen LogP contribution in [0.25, 0.3) is 0 Å². The second kappa shape index (κ2) is 8.34. The van der Waals surface area contributed by atoms with Gasteiger partial charge in [-0.25, -0.2) is 8.42 Å². The molecule has 0 radical (unpaired) electrons. The topological polar surface area (TPSA) is 114 Å². The SMILES string of the molecule is CC[C@H](C)c1ccc(S(=O)(=O)N2CCN(C(=O)c3ccc([N+](=O)[O-])o3)CC2)cc1. The van der Waals surface area contributed by atoms with Gasteiger partial charge in [-0.15, -0.1) is 0 Å². The number of nitro groups is 1. The third kappa shape index (κ3) is 4.33. The van der Waals surface area contributed by atoms with E-state index in [-0.39, 0.29) is 36.8 Å². The van der Waals surface area contributed by atoms with Crippen LogP contribution >= 0.6 is 0 Å². The van der Waals surface area contributed by atoms with Crippen LogP contribution in [-0.4, -0.2) is 54.6 Å². The highest BCUT2D eigenvalue weighted by Crippen LogP contribution is 2.24. The molecule has 3 rings (SSSR count). The number of hydrogen-bond acceptors (Lipinski definition) is 6. The molecule has 0 bridgehead atoms. The lowest BCUT2D eigenvalue weighted by atomic mass is 9.99. The van der Waals surface area contributed by atoms with Gasteiger partial charge >= 0.3 is 5.88 Å². The van der Waals surface area contributed by atoms with Gasteiger partial charge in [-0.3, -0.25) is 14.9 Å². The maximum absolute atomic E-state index is 12.9. The average Bonchev–Trinajstić information content (AvgIpc) is 3.23. The average molecular weight is 421 g/mol. The molecular weight excluding hydrogens is 398 g/mol. The molecule has 0 unspecified atom stereocenters. The highest BCUT2D eigenvalue weighted by atomic mass is 32.2. The summed E-state index contributed by atoms with van der Waals surface area (Å²) in [5.74, 6) is -0.768. The number of furan rings is 1. The number of carbonyl (C=O) groups excluding carboxylic acids is 1. The van der Waals surface area contributed by atoms with Crippen molar-refractivity contribution in [1.82, 2.24) is 9.21 Å². The Morgan fingerprint density at radius 2 is 1.76 bits per heavy atom. The first-order valence-corrected chi connectivity index (χ1v) is 10.8. The Bertz CT molecular complexity index is 991. The van der Waals surface area contributed by atoms with Crippen molar-refractivity contribution < 1.29 is 22.6 Å². The number of benzene rings is 1. The van der Waals surface area contributed by atoms with E-state index < -0.39 is 26.7 Å². The number of sulfonamides is 1. The zero-order valence-corrected chi connectivity index (χ0v) is 17.1. The van der Waals surface area contributed by atoms with Gasteiger partial charge < -0.3 is 9.32 Å². The zero-order valence-electron chi connectivity index (χ0n) is 16.3. The summed E-state index contributed by atoms with van der Waals surface area (Å²) in [6.07, 6.45) is 0.973. The molecule has 10 heteroatoms. The Hall–Kier alpha value is -2.72. The van der Waals surface area contributed by atoms with Crippen LogP contribution in [0.4, 0.5) is 5.88 Å². The van der Waals surface area contributed by atoms with Crippen molar-refractivity contribution in [2.75, 3.05) is 26.2 Å². The van der Waals surface area contributed by atoms with Gasteiger partial charge in [-0.1, -0.05) is 26.0 Å². The van der Waals surface area contributed by atoms with Crippen LogP contribution in [0.3, 0.4) is 0 Å². The van der Waals surface area contributed by atoms with Crippen LogP contribution in [0.2, 0.25) is 0 Å². The summed E-state index contributed by atoms with van der Waals surface area (Å²) in [6.45, 7) is 4.81. The van der Waals surface area contributed by atoms with Crippen molar-refractivity contribution >= 4 is 21.8 Å². The molecule has 0 spiro atoms. The molecule has 1 aliphatic heterocycles. The summed E-state index contributed by atoms with van der Waals surface area (Å²) in [5, 5.41) is 10.7. The van der Waals surface area contributed by atoms with Crippen LogP contribution in [0.5, 0.6) is 0 Å². The van der Waals surface area contributed by atoms with Crippen LogP contribution in [-0.2, 0) is 10.0 Å². The molecule has 1 fully saturated rings. The normalized spacial score (nSPS) is 16.6. The first kappa shape index (κ1) is 21.0. The van der Waals surface area contributed by atoms with E-state index in [0.29, 0.717) is 5.92 Å². The fourth-order valence-electron chi connectivity index (χ4n) is 3.18. The molecule has 2 heterocycles. The third-order valence-electron chi connectivity index (χ3n) is 5.21. The standard InChI is InChI=1S/C19H23N3O6S/c1-3-14(2)15-4-6-16(7-5-15)29(26,27)21-12-10-20(11-13-21)19(23)17-8-9-18(28-17)22(24)25/h4-9,14H,3,10-13H2,1-2H3/t14-/m0/s1. The lowest BCUT2D eigenvalue weighted by Gasteiger charge is -2.33. The number of carbonyl (C=O) groups is 1. The number of rotatable bonds is 6. The van der Waals surface area contributed by atoms with E-state index in [1.54, 1.807) is 12.1 Å². The quantitative estimate of drug-likeness (QED) is 0.523. The van der Waals surface area contributed by atoms with Crippen LogP contribution in [0, 0.1) is 10.1 Å². The van der Waals surface area contributed by atoms with Crippen LogP contribution in [0.1, 0.15) is 42.3 Å². The predicted molar refractivity (Wildman–Crippen MR) is 105 cm³/mol. The fourth-order valence-corrected chi connectivity index (χ4v) is 4.60. The van der Waals surface area contributed by atoms with E-state index in [1.807, 2.05) is 12.1 Å². The summed E-state index contributed by atoms with van der Waals surface area (Å²) >= 11 is 0. The summed E-state index contributed by atoms with van der Waals surface area (Å²) in [4.78, 5) is 24.1. The third-order valence-corrected chi connectivity index (χ3v) is 7.12. The number of hydrogen-bond donors (Lipinski definition) is 0. The van der Waals surface area contributed by atoms with Crippen molar-refractivity contribution in [2.45, 2.75) is 31.1 Å². The van der Waals surface area contributed by atoms with E-state index in [2.05, 4.69) is 13.8 Å². The Balaban J connectivity index is 1.66. The smallest absolute Gasteiger partial charge is 0.395 e. The molecule has 1 aromatic heterocycles. The number of amides is 1. The molecule has 156 valence electrons. The minimum Gasteiger partial charge on any atom is -0.395 e. The van der Waals surface area contributed by atoms with E-state index in [9.17, 15) is 23.3 Å². The fraction of sp³-hybridized carbons (Fsp3) is 0.421. The summed E-state index contributed by atoms with van der Waals surface area (Å²) in [5.41, 5.74) is 1.09. The lowest BCUT2D eigenvalue weighted by molar-refractivity contribution is -0.402. The maximum atomic E-state index is 12.9. The highest BCUT2D eigenvalue weighted by molar-refractivity contribution is 7.89. The van der Waals surface area contributed by atoms with Crippen LogP contribution < -0.4 is 0 Å². The molecule has 0 N–H and O–H groups in total. The summed E-state index contributed by atoms with van der Waals surface area (Å²) in [6, 6.07) is 9.29. The van der Waals surface area contributed by atoms with Crippen molar-refractivity contribution in [3.05, 3.63) is 57.8 Å². The molecule has 1 amide bonds. The molecule has 0 aliphatic carbocycles. The Labute approximate surface area is 169 Å². The van der Waals surface area contributed by atoms with Gasteiger partial charge in [0, 0.05) is 26.2 Å². The minimum atomic E-state index is -3.65. The molecular formula is C19H23N3O6S. The van der Waals surface area contributed by atoms with Gasteiger partial charge in [0.2, 0.25) is 10.0 Å². The Morgan fingerprint density at radius 1 is 1.14 bits per heavy atom. The second-order valence-corrected chi connectivity index (χ2v) is 8.91. The van der Waals surface area contributed by atoms with Crippen molar-refractivity contribution in [2.24, 2.45) is 0 Å². The zero-order chi connectivity index (χ0) is 21.2. The van der Waals surface area contributed by atoms with Gasteiger partial charge in [0.05, 0.1) is 11.0 Å². The van der Waals surface area contributed by atoms with Gasteiger partial charge in [0.15, 0.2) is 5.76 Å². The summed E-state index contributed by atoms with van der Waals surface area (Å²) in [7, 11) is -3.65. The first-order valence-electron chi connectivity index (χ1n) is 9.37. The molecule has 0 saturated carbocycles. The van der Waals surface area contributed by atoms with E-state index in [4.69, 9.17) is 4.42 Å². The summed E-state index contributed by atoms with van der Waals surface area (Å²) < 4.78 is 32.1.